The van der Waals surface area contributed by atoms with Gasteiger partial charge in [0.05, 0.1) is 25.3 Å². The molecule has 0 saturated carbocycles. The van der Waals surface area contributed by atoms with E-state index in [9.17, 15) is 9.59 Å². The third-order valence-corrected chi connectivity index (χ3v) is 6.56. The van der Waals surface area contributed by atoms with Gasteiger partial charge < -0.3 is 9.47 Å². The molecule has 2 aromatic carbocycles. The number of esters is 2. The molecule has 0 saturated heterocycles. The van der Waals surface area contributed by atoms with Gasteiger partial charge in [-0.05, 0) is 37.8 Å². The van der Waals surface area contributed by atoms with Gasteiger partial charge in [-0.1, -0.05) is 60.7 Å². The number of fused-ring (bicyclic) bond motifs is 2. The maximum absolute atomic E-state index is 11.6. The Hall–Kier alpha value is -4.34. The summed E-state index contributed by atoms with van der Waals surface area (Å²) in [6.07, 6.45) is 3.63. The predicted octanol–water partition coefficient (Wildman–Crippen LogP) is 3.98. The third-order valence-electron chi connectivity index (χ3n) is 6.56. The monoisotopic (exact) mass is 514 g/mol. The predicted molar refractivity (Wildman–Crippen MR) is 138 cm³/mol. The average Bonchev–Trinajstić information content (AvgIpc) is 3.71. The first-order valence-corrected chi connectivity index (χ1v) is 12.9. The molecule has 0 bridgehead atoms. The Kier molecular flexibility index (Phi) is 7.57. The minimum absolute atomic E-state index is 0.164. The van der Waals surface area contributed by atoms with Crippen LogP contribution in [0.3, 0.4) is 0 Å². The zero-order chi connectivity index (χ0) is 26.5. The van der Waals surface area contributed by atoms with Crippen molar-refractivity contribution in [2.24, 2.45) is 0 Å². The Morgan fingerprint density at radius 3 is 1.47 bits per heavy atom. The van der Waals surface area contributed by atoms with Gasteiger partial charge in [-0.15, -0.1) is 10.2 Å². The third kappa shape index (κ3) is 5.20. The van der Waals surface area contributed by atoms with E-state index in [1.165, 1.54) is 11.1 Å². The highest BCUT2D eigenvalue weighted by molar-refractivity contribution is 5.85. The van der Waals surface area contributed by atoms with Crippen LogP contribution < -0.4 is 0 Å². The van der Waals surface area contributed by atoms with E-state index < -0.39 is 11.9 Å². The fraction of sp³-hybridized carbons (Fsp3) is 0.357. The fourth-order valence-electron chi connectivity index (χ4n) is 4.86. The lowest BCUT2D eigenvalue weighted by Gasteiger charge is -2.11. The Morgan fingerprint density at radius 2 is 1.11 bits per heavy atom. The molecule has 2 atom stereocenters. The Bertz CT molecular complexity index is 1290. The van der Waals surface area contributed by atoms with E-state index in [1.54, 1.807) is 13.8 Å². The molecule has 0 spiro atoms. The highest BCUT2D eigenvalue weighted by Gasteiger charge is 2.30. The quantitative estimate of drug-likeness (QED) is 0.355. The van der Waals surface area contributed by atoms with Crippen LogP contribution in [0.5, 0.6) is 0 Å². The molecule has 0 N–H and O–H groups in total. The molecule has 2 aliphatic rings. The van der Waals surface area contributed by atoms with E-state index in [-0.39, 0.29) is 23.7 Å². The molecule has 2 unspecified atom stereocenters. The van der Waals surface area contributed by atoms with Crippen molar-refractivity contribution < 1.29 is 19.1 Å². The van der Waals surface area contributed by atoms with Crippen molar-refractivity contribution in [1.29, 1.82) is 0 Å². The second-order valence-corrected chi connectivity index (χ2v) is 8.96. The highest BCUT2D eigenvalue weighted by atomic mass is 16.5. The first-order chi connectivity index (χ1) is 18.6. The van der Waals surface area contributed by atoms with Crippen molar-refractivity contribution in [3.8, 4) is 0 Å². The summed E-state index contributed by atoms with van der Waals surface area (Å²) >= 11 is 0. The molecule has 6 rings (SSSR count). The van der Waals surface area contributed by atoms with E-state index in [4.69, 9.17) is 9.47 Å². The fourth-order valence-corrected chi connectivity index (χ4v) is 4.86. The van der Waals surface area contributed by atoms with Crippen molar-refractivity contribution in [2.45, 2.75) is 51.6 Å². The molecule has 0 aliphatic carbocycles. The van der Waals surface area contributed by atoms with Crippen LogP contribution in [0.2, 0.25) is 0 Å². The SMILES string of the molecule is CCOC(=O)c1nc2n(n1)C(c1ccccc1)CC2.CCOC(=O)c1nc2n(n1)C(c1ccccc1)CC2. The van der Waals surface area contributed by atoms with Gasteiger partial charge in [0, 0.05) is 12.8 Å². The number of aryl methyl sites for hydroxylation is 2. The zero-order valence-electron chi connectivity index (χ0n) is 21.5. The molecule has 10 heteroatoms. The van der Waals surface area contributed by atoms with Crippen molar-refractivity contribution >= 4 is 11.9 Å². The van der Waals surface area contributed by atoms with Gasteiger partial charge in [0.15, 0.2) is 0 Å². The maximum atomic E-state index is 11.6. The number of rotatable bonds is 6. The number of ether oxygens (including phenoxy) is 2. The van der Waals surface area contributed by atoms with Crippen molar-refractivity contribution in [3.63, 3.8) is 0 Å². The lowest BCUT2D eigenvalue weighted by atomic mass is 10.1. The van der Waals surface area contributed by atoms with E-state index in [1.807, 2.05) is 45.8 Å². The molecule has 0 amide bonds. The number of hydrogen-bond donors (Lipinski definition) is 0. The maximum Gasteiger partial charge on any atom is 0.378 e. The molecule has 2 aromatic heterocycles. The van der Waals surface area contributed by atoms with Crippen LogP contribution >= 0.6 is 0 Å². The van der Waals surface area contributed by atoms with E-state index >= 15 is 0 Å². The summed E-state index contributed by atoms with van der Waals surface area (Å²) < 4.78 is 13.6. The molecule has 196 valence electrons. The standard InChI is InChI=1S/2C14H15N3O2/c2*1-2-19-14(18)13-15-12-9-8-11(17(12)16-13)10-6-4-3-5-7-10/h2*3-7,11H,2,8-9H2,1H3. The Labute approximate surface area is 220 Å². The molecule has 4 aromatic rings. The molecular formula is C28H30N6O4. The van der Waals surface area contributed by atoms with Gasteiger partial charge >= 0.3 is 11.9 Å². The van der Waals surface area contributed by atoms with Crippen LogP contribution in [0, 0.1) is 0 Å². The van der Waals surface area contributed by atoms with Gasteiger partial charge in [0.25, 0.3) is 11.6 Å². The van der Waals surface area contributed by atoms with Crippen molar-refractivity contribution in [1.82, 2.24) is 29.5 Å². The van der Waals surface area contributed by atoms with E-state index in [2.05, 4.69) is 44.4 Å². The Balaban J connectivity index is 0.000000155. The second kappa shape index (κ2) is 11.4. The largest absolute Gasteiger partial charge is 0.460 e. The van der Waals surface area contributed by atoms with Gasteiger partial charge in [0.1, 0.15) is 11.6 Å². The van der Waals surface area contributed by atoms with Crippen LogP contribution in [-0.2, 0) is 22.3 Å². The molecule has 0 fully saturated rings. The number of nitrogens with zero attached hydrogens (tertiary/aromatic N) is 6. The van der Waals surface area contributed by atoms with Crippen LogP contribution in [0.4, 0.5) is 0 Å². The van der Waals surface area contributed by atoms with Gasteiger partial charge in [-0.25, -0.2) is 28.9 Å². The van der Waals surface area contributed by atoms with Crippen LogP contribution in [-0.4, -0.2) is 54.7 Å². The number of benzene rings is 2. The number of carbonyl (C=O) groups excluding carboxylic acids is 2. The van der Waals surface area contributed by atoms with Crippen LogP contribution in [0.25, 0.3) is 0 Å². The molecular weight excluding hydrogens is 484 g/mol. The molecule has 2 aliphatic heterocycles. The summed E-state index contributed by atoms with van der Waals surface area (Å²) in [4.78, 5) is 31.8. The lowest BCUT2D eigenvalue weighted by molar-refractivity contribution is 0.0502. The van der Waals surface area contributed by atoms with Crippen molar-refractivity contribution in [2.75, 3.05) is 13.2 Å². The summed E-state index contributed by atoms with van der Waals surface area (Å²) in [5.41, 5.74) is 2.39. The van der Waals surface area contributed by atoms with Gasteiger partial charge in [-0.2, -0.15) is 0 Å². The first kappa shape index (κ1) is 25.3. The summed E-state index contributed by atoms with van der Waals surface area (Å²) in [6, 6.07) is 20.7. The first-order valence-electron chi connectivity index (χ1n) is 12.9. The minimum atomic E-state index is -0.448. The number of hydrogen-bond acceptors (Lipinski definition) is 8. The Morgan fingerprint density at radius 1 is 0.711 bits per heavy atom. The van der Waals surface area contributed by atoms with E-state index in [0.29, 0.717) is 13.2 Å². The topological polar surface area (TPSA) is 114 Å². The zero-order valence-corrected chi connectivity index (χ0v) is 21.5. The minimum Gasteiger partial charge on any atom is -0.460 e. The van der Waals surface area contributed by atoms with Gasteiger partial charge in [-0.3, -0.25) is 0 Å². The number of carbonyl (C=O) groups is 2. The molecule has 0 radical (unpaired) electrons. The van der Waals surface area contributed by atoms with E-state index in [0.717, 1.165) is 37.3 Å². The highest BCUT2D eigenvalue weighted by Crippen LogP contribution is 2.31. The number of aromatic nitrogens is 6. The summed E-state index contributed by atoms with van der Waals surface area (Å²) in [5.74, 6) is 1.15. The molecule has 10 nitrogen and oxygen atoms in total. The lowest BCUT2D eigenvalue weighted by Crippen LogP contribution is -2.11. The van der Waals surface area contributed by atoms with Crippen LogP contribution in [0.15, 0.2) is 60.7 Å². The van der Waals surface area contributed by atoms with Crippen LogP contribution in [0.1, 0.15) is 82.8 Å². The normalized spacial score (nSPS) is 17.2. The average molecular weight is 515 g/mol. The smallest absolute Gasteiger partial charge is 0.378 e. The summed E-state index contributed by atoms with van der Waals surface area (Å²) in [6.45, 7) is 4.22. The van der Waals surface area contributed by atoms with Crippen molar-refractivity contribution in [3.05, 3.63) is 95.1 Å². The summed E-state index contributed by atoms with van der Waals surface area (Å²) in [7, 11) is 0. The molecule has 38 heavy (non-hydrogen) atoms. The molecule has 4 heterocycles. The summed E-state index contributed by atoms with van der Waals surface area (Å²) in [5, 5.41) is 8.60. The second-order valence-electron chi connectivity index (χ2n) is 8.96. The van der Waals surface area contributed by atoms with Gasteiger partial charge in [0.2, 0.25) is 0 Å².